The van der Waals surface area contributed by atoms with E-state index in [4.69, 9.17) is 9.47 Å². The lowest BCUT2D eigenvalue weighted by Gasteiger charge is -2.11. The standard InChI is InChI=1S/C19H16N2O5S2/c1-10-15(28-17(20-10)14-5-4-8-27-14)16(22)21-13-9-11(18(23)25-2)6-7-12(13)19(24)26-3/h4-9H,1-3H3,(H,21,22). The summed E-state index contributed by atoms with van der Waals surface area (Å²) in [6.07, 6.45) is 0. The SMILES string of the molecule is COC(=O)c1ccc(C(=O)OC)c(NC(=O)c2sc(-c3cccs3)nc2C)c1. The van der Waals surface area contributed by atoms with E-state index in [1.807, 2.05) is 17.5 Å². The highest BCUT2D eigenvalue weighted by Gasteiger charge is 2.21. The molecule has 0 bridgehead atoms. The quantitative estimate of drug-likeness (QED) is 0.632. The molecule has 3 aromatic rings. The molecule has 3 rings (SSSR count). The first-order chi connectivity index (χ1) is 13.4. The predicted molar refractivity (Wildman–Crippen MR) is 107 cm³/mol. The molecule has 0 atom stereocenters. The highest BCUT2D eigenvalue weighted by molar-refractivity contribution is 7.22. The molecule has 144 valence electrons. The van der Waals surface area contributed by atoms with Crippen molar-refractivity contribution in [3.8, 4) is 9.88 Å². The normalized spacial score (nSPS) is 10.4. The molecule has 28 heavy (non-hydrogen) atoms. The van der Waals surface area contributed by atoms with E-state index in [0.717, 1.165) is 9.88 Å². The van der Waals surface area contributed by atoms with Crippen LogP contribution in [0.4, 0.5) is 5.69 Å². The number of ether oxygens (including phenoxy) is 2. The first-order valence-electron chi connectivity index (χ1n) is 8.08. The number of nitrogens with one attached hydrogen (secondary N) is 1. The molecule has 0 aliphatic rings. The summed E-state index contributed by atoms with van der Waals surface area (Å²) in [5.41, 5.74) is 1.06. The Morgan fingerprint density at radius 2 is 1.82 bits per heavy atom. The number of aromatic nitrogens is 1. The van der Waals surface area contributed by atoms with Crippen LogP contribution in [0.1, 0.15) is 36.1 Å². The van der Waals surface area contributed by atoms with E-state index in [-0.39, 0.29) is 16.8 Å². The van der Waals surface area contributed by atoms with Crippen molar-refractivity contribution in [1.29, 1.82) is 0 Å². The van der Waals surface area contributed by atoms with Crippen LogP contribution in [0.15, 0.2) is 35.7 Å². The number of thiazole rings is 1. The summed E-state index contributed by atoms with van der Waals surface area (Å²) in [6, 6.07) is 8.06. The van der Waals surface area contributed by atoms with Crippen LogP contribution in [0.3, 0.4) is 0 Å². The van der Waals surface area contributed by atoms with Crippen LogP contribution in [0.25, 0.3) is 9.88 Å². The number of amides is 1. The second kappa shape index (κ2) is 8.32. The molecule has 0 spiro atoms. The maximum Gasteiger partial charge on any atom is 0.339 e. The Balaban J connectivity index is 1.95. The number of hydrogen-bond acceptors (Lipinski definition) is 8. The lowest BCUT2D eigenvalue weighted by Crippen LogP contribution is -2.16. The van der Waals surface area contributed by atoms with Gasteiger partial charge in [0.25, 0.3) is 5.91 Å². The average molecular weight is 416 g/mol. The van der Waals surface area contributed by atoms with Crippen LogP contribution in [-0.4, -0.2) is 37.0 Å². The Hall–Kier alpha value is -3.04. The third-order valence-electron chi connectivity index (χ3n) is 3.83. The first kappa shape index (κ1) is 19.7. The van der Waals surface area contributed by atoms with E-state index in [2.05, 4.69) is 10.3 Å². The molecule has 0 radical (unpaired) electrons. The fourth-order valence-electron chi connectivity index (χ4n) is 2.47. The van der Waals surface area contributed by atoms with Crippen LogP contribution in [0, 0.1) is 6.92 Å². The second-order valence-corrected chi connectivity index (χ2v) is 7.56. The number of hydrogen-bond donors (Lipinski definition) is 1. The number of nitrogens with zero attached hydrogens (tertiary/aromatic N) is 1. The summed E-state index contributed by atoms with van der Waals surface area (Å²) in [4.78, 5) is 42.5. The first-order valence-corrected chi connectivity index (χ1v) is 9.77. The van der Waals surface area contributed by atoms with Gasteiger partial charge in [0.15, 0.2) is 0 Å². The smallest absolute Gasteiger partial charge is 0.339 e. The number of thiophene rings is 1. The molecule has 0 saturated heterocycles. The van der Waals surface area contributed by atoms with Crippen molar-refractivity contribution in [3.05, 3.63) is 57.4 Å². The third-order valence-corrected chi connectivity index (χ3v) is 6.02. The van der Waals surface area contributed by atoms with Crippen molar-refractivity contribution in [2.75, 3.05) is 19.5 Å². The van der Waals surface area contributed by atoms with Gasteiger partial charge in [-0.25, -0.2) is 14.6 Å². The van der Waals surface area contributed by atoms with Gasteiger partial charge >= 0.3 is 11.9 Å². The van der Waals surface area contributed by atoms with Gasteiger partial charge in [-0.3, -0.25) is 4.79 Å². The van der Waals surface area contributed by atoms with Crippen molar-refractivity contribution in [3.63, 3.8) is 0 Å². The van der Waals surface area contributed by atoms with Crippen LogP contribution >= 0.6 is 22.7 Å². The highest BCUT2D eigenvalue weighted by atomic mass is 32.1. The molecule has 2 aromatic heterocycles. The Labute approximate surface area is 168 Å². The van der Waals surface area contributed by atoms with Gasteiger partial charge in [-0.15, -0.1) is 22.7 Å². The molecule has 0 aliphatic carbocycles. The van der Waals surface area contributed by atoms with Gasteiger partial charge in [0.05, 0.1) is 41.6 Å². The van der Waals surface area contributed by atoms with Crippen molar-refractivity contribution < 1.29 is 23.9 Å². The maximum absolute atomic E-state index is 12.8. The minimum atomic E-state index is -0.632. The number of benzene rings is 1. The van der Waals surface area contributed by atoms with E-state index in [9.17, 15) is 14.4 Å². The molecule has 2 heterocycles. The monoisotopic (exact) mass is 416 g/mol. The summed E-state index contributed by atoms with van der Waals surface area (Å²) < 4.78 is 9.45. The molecular weight excluding hydrogens is 400 g/mol. The van der Waals surface area contributed by atoms with Gasteiger partial charge in [-0.2, -0.15) is 0 Å². The molecule has 0 fully saturated rings. The Bertz CT molecular complexity index is 1040. The largest absolute Gasteiger partial charge is 0.465 e. The zero-order chi connectivity index (χ0) is 20.3. The number of carbonyl (C=O) groups is 3. The average Bonchev–Trinajstić information content (AvgIpc) is 3.36. The van der Waals surface area contributed by atoms with Crippen LogP contribution < -0.4 is 5.32 Å². The molecule has 9 heteroatoms. The van der Waals surface area contributed by atoms with Gasteiger partial charge in [0.1, 0.15) is 9.88 Å². The number of carbonyl (C=O) groups excluding carboxylic acids is 3. The summed E-state index contributed by atoms with van der Waals surface area (Å²) in [7, 11) is 2.49. The lowest BCUT2D eigenvalue weighted by molar-refractivity contribution is 0.0587. The summed E-state index contributed by atoms with van der Waals surface area (Å²) >= 11 is 2.79. The Kier molecular flexibility index (Phi) is 5.86. The second-order valence-electron chi connectivity index (χ2n) is 5.61. The van der Waals surface area contributed by atoms with Gasteiger partial charge in [-0.05, 0) is 36.6 Å². The van der Waals surface area contributed by atoms with Gasteiger partial charge < -0.3 is 14.8 Å². The fraction of sp³-hybridized carbons (Fsp3) is 0.158. The zero-order valence-corrected chi connectivity index (χ0v) is 16.9. The van der Waals surface area contributed by atoms with Crippen LogP contribution in [0.5, 0.6) is 0 Å². The molecular formula is C19H16N2O5S2. The van der Waals surface area contributed by atoms with E-state index >= 15 is 0 Å². The summed E-state index contributed by atoms with van der Waals surface area (Å²) in [5.74, 6) is -1.64. The number of esters is 2. The predicted octanol–water partition coefficient (Wildman–Crippen LogP) is 4.01. The van der Waals surface area contributed by atoms with E-state index in [1.165, 1.54) is 55.1 Å². The van der Waals surface area contributed by atoms with E-state index in [1.54, 1.807) is 6.92 Å². The number of anilines is 1. The molecule has 0 saturated carbocycles. The number of rotatable bonds is 5. The van der Waals surface area contributed by atoms with Gasteiger partial charge in [-0.1, -0.05) is 6.07 Å². The molecule has 1 amide bonds. The third kappa shape index (κ3) is 3.95. The topological polar surface area (TPSA) is 94.6 Å². The van der Waals surface area contributed by atoms with Crippen LogP contribution in [-0.2, 0) is 9.47 Å². The summed E-state index contributed by atoms with van der Waals surface area (Å²) in [5, 5.41) is 5.37. The van der Waals surface area contributed by atoms with Crippen molar-refractivity contribution in [1.82, 2.24) is 4.98 Å². The van der Waals surface area contributed by atoms with Crippen molar-refractivity contribution >= 4 is 46.2 Å². The Morgan fingerprint density at radius 1 is 1.07 bits per heavy atom. The maximum atomic E-state index is 12.8. The zero-order valence-electron chi connectivity index (χ0n) is 15.3. The lowest BCUT2D eigenvalue weighted by atomic mass is 10.1. The molecule has 1 aromatic carbocycles. The van der Waals surface area contributed by atoms with E-state index in [0.29, 0.717) is 10.6 Å². The molecule has 0 aliphatic heterocycles. The van der Waals surface area contributed by atoms with Crippen LogP contribution in [0.2, 0.25) is 0 Å². The minimum absolute atomic E-state index is 0.129. The van der Waals surface area contributed by atoms with Crippen molar-refractivity contribution in [2.24, 2.45) is 0 Å². The number of aryl methyl sites for hydroxylation is 1. The molecule has 0 unspecified atom stereocenters. The molecule has 1 N–H and O–H groups in total. The van der Waals surface area contributed by atoms with Gasteiger partial charge in [0, 0.05) is 0 Å². The van der Waals surface area contributed by atoms with E-state index < -0.39 is 17.8 Å². The fourth-order valence-corrected chi connectivity index (χ4v) is 4.23. The highest BCUT2D eigenvalue weighted by Crippen LogP contribution is 2.32. The minimum Gasteiger partial charge on any atom is -0.465 e. The molecule has 7 nitrogen and oxygen atoms in total. The number of methoxy groups -OCH3 is 2. The van der Waals surface area contributed by atoms with Crippen molar-refractivity contribution in [2.45, 2.75) is 6.92 Å². The Morgan fingerprint density at radius 3 is 2.46 bits per heavy atom. The summed E-state index contributed by atoms with van der Waals surface area (Å²) in [6.45, 7) is 1.74. The van der Waals surface area contributed by atoms with Gasteiger partial charge in [0.2, 0.25) is 0 Å².